The highest BCUT2D eigenvalue weighted by atomic mass is 15.3. The number of fused-ring (bicyclic) bond motifs is 1. The number of nitrogens with one attached hydrogen (secondary N) is 2. The molecule has 0 aliphatic rings. The summed E-state index contributed by atoms with van der Waals surface area (Å²) in [6.45, 7) is 3.65. The Bertz CT molecular complexity index is 619. The molecule has 3 aromatic rings. The van der Waals surface area contributed by atoms with E-state index in [1.165, 1.54) is 5.56 Å². The van der Waals surface area contributed by atoms with Gasteiger partial charge in [0, 0.05) is 12.7 Å². The van der Waals surface area contributed by atoms with Gasteiger partial charge in [-0.2, -0.15) is 5.10 Å². The zero-order chi connectivity index (χ0) is 12.4. The Kier molecular flexibility index (Phi) is 2.72. The second-order valence-corrected chi connectivity index (χ2v) is 4.31. The summed E-state index contributed by atoms with van der Waals surface area (Å²) in [7, 11) is 0. The number of para-hydroxylation sites is 2. The van der Waals surface area contributed by atoms with E-state index in [9.17, 15) is 0 Å². The summed E-state index contributed by atoms with van der Waals surface area (Å²) in [6, 6.07) is 7.99. The van der Waals surface area contributed by atoms with Crippen molar-refractivity contribution in [2.75, 3.05) is 11.9 Å². The first-order valence-corrected chi connectivity index (χ1v) is 5.99. The normalized spacial score (nSPS) is 10.9. The Morgan fingerprint density at radius 2 is 2.22 bits per heavy atom. The Balaban J connectivity index is 1.62. The summed E-state index contributed by atoms with van der Waals surface area (Å²) in [5, 5.41) is 7.50. The van der Waals surface area contributed by atoms with Crippen molar-refractivity contribution in [3.05, 3.63) is 42.2 Å². The van der Waals surface area contributed by atoms with Crippen molar-refractivity contribution in [1.82, 2.24) is 19.7 Å². The Labute approximate surface area is 105 Å². The van der Waals surface area contributed by atoms with Crippen molar-refractivity contribution < 1.29 is 0 Å². The lowest BCUT2D eigenvalue weighted by atomic mass is 10.3. The van der Waals surface area contributed by atoms with Gasteiger partial charge in [-0.15, -0.1) is 0 Å². The van der Waals surface area contributed by atoms with Gasteiger partial charge in [0.2, 0.25) is 5.95 Å². The molecule has 0 saturated carbocycles. The van der Waals surface area contributed by atoms with E-state index in [1.54, 1.807) is 0 Å². The molecule has 2 aromatic heterocycles. The summed E-state index contributed by atoms with van der Waals surface area (Å²) in [5.41, 5.74) is 3.21. The minimum absolute atomic E-state index is 0.793. The molecule has 0 radical (unpaired) electrons. The molecular formula is C13H15N5. The highest BCUT2D eigenvalue weighted by molar-refractivity contribution is 5.77. The van der Waals surface area contributed by atoms with Crippen molar-refractivity contribution in [2.24, 2.45) is 0 Å². The molecule has 0 unspecified atom stereocenters. The molecule has 0 aliphatic carbocycles. The molecule has 0 amide bonds. The average Bonchev–Trinajstić information content (AvgIpc) is 2.95. The van der Waals surface area contributed by atoms with E-state index in [0.717, 1.165) is 30.1 Å². The molecule has 0 atom stereocenters. The Morgan fingerprint density at radius 3 is 3.00 bits per heavy atom. The average molecular weight is 241 g/mol. The molecule has 1 aromatic carbocycles. The summed E-state index contributed by atoms with van der Waals surface area (Å²) in [6.07, 6.45) is 3.89. The van der Waals surface area contributed by atoms with Gasteiger partial charge in [0.05, 0.1) is 23.8 Å². The summed E-state index contributed by atoms with van der Waals surface area (Å²) in [5.74, 6) is 0.806. The van der Waals surface area contributed by atoms with E-state index < -0.39 is 0 Å². The fourth-order valence-corrected chi connectivity index (χ4v) is 1.91. The minimum atomic E-state index is 0.793. The highest BCUT2D eigenvalue weighted by Crippen LogP contribution is 2.12. The number of aryl methyl sites for hydroxylation is 1. The van der Waals surface area contributed by atoms with Gasteiger partial charge in [-0.3, -0.25) is 4.68 Å². The molecule has 0 spiro atoms. The second kappa shape index (κ2) is 4.52. The Morgan fingerprint density at radius 1 is 1.33 bits per heavy atom. The number of H-pyrrole nitrogens is 1. The number of hydrogen-bond donors (Lipinski definition) is 2. The third-order valence-electron chi connectivity index (χ3n) is 2.79. The van der Waals surface area contributed by atoms with Crippen LogP contribution in [0.4, 0.5) is 5.95 Å². The van der Waals surface area contributed by atoms with Crippen LogP contribution in [0.1, 0.15) is 5.56 Å². The molecule has 18 heavy (non-hydrogen) atoms. The van der Waals surface area contributed by atoms with Crippen LogP contribution in [-0.4, -0.2) is 26.3 Å². The molecule has 5 heteroatoms. The van der Waals surface area contributed by atoms with Crippen molar-refractivity contribution >= 4 is 17.0 Å². The lowest BCUT2D eigenvalue weighted by molar-refractivity contribution is 0.636. The van der Waals surface area contributed by atoms with Crippen LogP contribution in [0.3, 0.4) is 0 Å². The number of benzene rings is 1. The third-order valence-corrected chi connectivity index (χ3v) is 2.79. The van der Waals surface area contributed by atoms with Gasteiger partial charge in [-0.1, -0.05) is 12.1 Å². The minimum Gasteiger partial charge on any atom is -0.354 e. The highest BCUT2D eigenvalue weighted by Gasteiger charge is 2.00. The molecule has 0 bridgehead atoms. The van der Waals surface area contributed by atoms with Gasteiger partial charge in [0.15, 0.2) is 0 Å². The van der Waals surface area contributed by atoms with E-state index in [-0.39, 0.29) is 0 Å². The first-order valence-electron chi connectivity index (χ1n) is 5.99. The number of nitrogens with zero attached hydrogens (tertiary/aromatic N) is 3. The van der Waals surface area contributed by atoms with Gasteiger partial charge < -0.3 is 10.3 Å². The molecule has 5 nitrogen and oxygen atoms in total. The zero-order valence-electron chi connectivity index (χ0n) is 10.2. The van der Waals surface area contributed by atoms with Crippen LogP contribution in [-0.2, 0) is 6.54 Å². The lowest BCUT2D eigenvalue weighted by Gasteiger charge is -2.02. The maximum absolute atomic E-state index is 4.45. The first-order chi connectivity index (χ1) is 8.81. The van der Waals surface area contributed by atoms with Crippen molar-refractivity contribution in [1.29, 1.82) is 0 Å². The van der Waals surface area contributed by atoms with Gasteiger partial charge in [0.1, 0.15) is 0 Å². The monoisotopic (exact) mass is 241 g/mol. The summed E-state index contributed by atoms with van der Waals surface area (Å²) in [4.78, 5) is 7.69. The molecular weight excluding hydrogens is 226 g/mol. The molecule has 2 heterocycles. The molecule has 92 valence electrons. The van der Waals surface area contributed by atoms with Crippen molar-refractivity contribution in [3.8, 4) is 0 Å². The lowest BCUT2D eigenvalue weighted by Crippen LogP contribution is -2.11. The second-order valence-electron chi connectivity index (χ2n) is 4.31. The smallest absolute Gasteiger partial charge is 0.201 e. The van der Waals surface area contributed by atoms with Crippen LogP contribution in [0, 0.1) is 6.92 Å². The van der Waals surface area contributed by atoms with Crippen LogP contribution >= 0.6 is 0 Å². The maximum Gasteiger partial charge on any atom is 0.201 e. The molecule has 3 rings (SSSR count). The van der Waals surface area contributed by atoms with E-state index >= 15 is 0 Å². The van der Waals surface area contributed by atoms with E-state index in [0.29, 0.717) is 0 Å². The van der Waals surface area contributed by atoms with Crippen LogP contribution in [0.5, 0.6) is 0 Å². The first kappa shape index (κ1) is 10.8. The third kappa shape index (κ3) is 2.20. The number of rotatable bonds is 4. The maximum atomic E-state index is 4.45. The van der Waals surface area contributed by atoms with E-state index in [1.807, 2.05) is 48.3 Å². The molecule has 0 aliphatic heterocycles. The number of imidazole rings is 1. The quantitative estimate of drug-likeness (QED) is 0.736. The van der Waals surface area contributed by atoms with Crippen LogP contribution < -0.4 is 5.32 Å². The van der Waals surface area contributed by atoms with Gasteiger partial charge >= 0.3 is 0 Å². The van der Waals surface area contributed by atoms with Crippen molar-refractivity contribution in [3.63, 3.8) is 0 Å². The predicted octanol–water partition coefficient (Wildman–Crippen LogP) is 2.18. The number of aromatic amines is 1. The zero-order valence-corrected chi connectivity index (χ0v) is 10.2. The van der Waals surface area contributed by atoms with Gasteiger partial charge in [-0.25, -0.2) is 4.98 Å². The SMILES string of the molecule is Cc1cnn(CCNc2nc3ccccc3[nH]2)c1. The number of aromatic nitrogens is 4. The van der Waals surface area contributed by atoms with E-state index in [4.69, 9.17) is 0 Å². The van der Waals surface area contributed by atoms with Gasteiger partial charge in [0.25, 0.3) is 0 Å². The summed E-state index contributed by atoms with van der Waals surface area (Å²) < 4.78 is 1.92. The van der Waals surface area contributed by atoms with Gasteiger partial charge in [-0.05, 0) is 24.6 Å². The van der Waals surface area contributed by atoms with Crippen molar-refractivity contribution in [2.45, 2.75) is 13.5 Å². The van der Waals surface area contributed by atoms with E-state index in [2.05, 4.69) is 20.4 Å². The molecule has 0 fully saturated rings. The topological polar surface area (TPSA) is 58.5 Å². The molecule has 2 N–H and O–H groups in total. The largest absolute Gasteiger partial charge is 0.354 e. The standard InChI is InChI=1S/C13H15N5/c1-10-8-15-18(9-10)7-6-14-13-16-11-4-2-3-5-12(11)17-13/h2-5,8-9H,6-7H2,1H3,(H2,14,16,17). The van der Waals surface area contributed by atoms with Crippen LogP contribution in [0.25, 0.3) is 11.0 Å². The van der Waals surface area contributed by atoms with Crippen LogP contribution in [0.15, 0.2) is 36.7 Å². The number of anilines is 1. The fraction of sp³-hybridized carbons (Fsp3) is 0.231. The predicted molar refractivity (Wildman–Crippen MR) is 71.5 cm³/mol. The fourth-order valence-electron chi connectivity index (χ4n) is 1.91. The molecule has 0 saturated heterocycles. The summed E-state index contributed by atoms with van der Waals surface area (Å²) >= 11 is 0. The number of hydrogen-bond acceptors (Lipinski definition) is 3. The Hall–Kier alpha value is -2.30. The van der Waals surface area contributed by atoms with Crippen LogP contribution in [0.2, 0.25) is 0 Å².